The van der Waals surface area contributed by atoms with Crippen LogP contribution >= 0.6 is 0 Å². The van der Waals surface area contributed by atoms with E-state index in [4.69, 9.17) is 15.1 Å². The third-order valence-corrected chi connectivity index (χ3v) is 2.89. The average molecular weight is 278 g/mol. The molecule has 0 saturated heterocycles. The van der Waals surface area contributed by atoms with Crippen LogP contribution in [0.3, 0.4) is 0 Å². The van der Waals surface area contributed by atoms with E-state index < -0.39 is 0 Å². The van der Waals surface area contributed by atoms with Crippen molar-refractivity contribution in [2.75, 3.05) is 6.61 Å². The molecule has 0 spiro atoms. The lowest BCUT2D eigenvalue weighted by molar-refractivity contribution is 0.304. The molecule has 4 heteroatoms. The van der Waals surface area contributed by atoms with Gasteiger partial charge in [-0.1, -0.05) is 17.9 Å². The van der Waals surface area contributed by atoms with E-state index in [0.717, 1.165) is 11.1 Å². The highest BCUT2D eigenvalue weighted by atomic mass is 16.5. The van der Waals surface area contributed by atoms with Gasteiger partial charge in [-0.15, -0.1) is 0 Å². The van der Waals surface area contributed by atoms with Gasteiger partial charge in [0.15, 0.2) is 0 Å². The number of benzene rings is 1. The first-order valence-electron chi connectivity index (χ1n) is 6.40. The molecule has 0 bridgehead atoms. The van der Waals surface area contributed by atoms with E-state index >= 15 is 0 Å². The molecule has 1 N–H and O–H groups in total. The van der Waals surface area contributed by atoms with Crippen molar-refractivity contribution in [3.8, 4) is 23.7 Å². The van der Waals surface area contributed by atoms with Crippen LogP contribution in [0.4, 0.5) is 0 Å². The van der Waals surface area contributed by atoms with Gasteiger partial charge in [-0.05, 0) is 36.2 Å². The third-order valence-electron chi connectivity index (χ3n) is 2.89. The minimum absolute atomic E-state index is 0.185. The Balaban J connectivity index is 2.08. The summed E-state index contributed by atoms with van der Waals surface area (Å²) in [7, 11) is 0. The van der Waals surface area contributed by atoms with Gasteiger partial charge < -0.3 is 9.84 Å². The van der Waals surface area contributed by atoms with Crippen LogP contribution < -0.4 is 4.74 Å². The zero-order valence-electron chi connectivity index (χ0n) is 11.6. The van der Waals surface area contributed by atoms with Crippen molar-refractivity contribution in [2.45, 2.75) is 13.5 Å². The molecule has 0 saturated carbocycles. The molecule has 21 heavy (non-hydrogen) atoms. The molecule has 2 rings (SSSR count). The molecule has 0 amide bonds. The maximum atomic E-state index is 8.84. The first-order valence-corrected chi connectivity index (χ1v) is 6.40. The van der Waals surface area contributed by atoms with Gasteiger partial charge in [0.05, 0.1) is 17.8 Å². The highest BCUT2D eigenvalue weighted by Gasteiger charge is 2.02. The van der Waals surface area contributed by atoms with Gasteiger partial charge >= 0.3 is 0 Å². The number of aliphatic hydroxyl groups excluding tert-OH is 1. The molecule has 1 aromatic carbocycles. The van der Waals surface area contributed by atoms with Crippen LogP contribution in [0, 0.1) is 30.1 Å². The van der Waals surface area contributed by atoms with E-state index in [9.17, 15) is 0 Å². The van der Waals surface area contributed by atoms with Crippen LogP contribution in [0.15, 0.2) is 36.7 Å². The fraction of sp³-hybridized carbons (Fsp3) is 0.176. The molecule has 0 radical (unpaired) electrons. The Morgan fingerprint density at radius 1 is 1.24 bits per heavy atom. The average Bonchev–Trinajstić information content (AvgIpc) is 2.52. The van der Waals surface area contributed by atoms with E-state index in [1.807, 2.05) is 19.1 Å². The van der Waals surface area contributed by atoms with Crippen LogP contribution in [0.2, 0.25) is 0 Å². The van der Waals surface area contributed by atoms with Crippen molar-refractivity contribution < 1.29 is 9.84 Å². The molecule has 4 nitrogen and oxygen atoms in total. The van der Waals surface area contributed by atoms with Crippen LogP contribution in [-0.2, 0) is 6.61 Å². The number of aromatic nitrogens is 1. The number of aryl methyl sites for hydroxylation is 1. The molecule has 1 heterocycles. The van der Waals surface area contributed by atoms with Gasteiger partial charge in [-0.2, -0.15) is 5.26 Å². The maximum Gasteiger partial charge on any atom is 0.139 e. The lowest BCUT2D eigenvalue weighted by Gasteiger charge is -2.09. The summed E-state index contributed by atoms with van der Waals surface area (Å²) in [6, 6.07) is 9.37. The van der Waals surface area contributed by atoms with Crippen molar-refractivity contribution in [1.29, 1.82) is 5.26 Å². The van der Waals surface area contributed by atoms with E-state index in [1.165, 1.54) is 0 Å². The molecular formula is C17H14N2O2. The summed E-state index contributed by atoms with van der Waals surface area (Å²) in [4.78, 5) is 4.05. The number of ether oxygens (including phenoxy) is 1. The minimum Gasteiger partial charge on any atom is -0.487 e. The van der Waals surface area contributed by atoms with Crippen LogP contribution in [0.25, 0.3) is 0 Å². The molecule has 2 aromatic rings. The van der Waals surface area contributed by atoms with E-state index in [1.54, 1.807) is 24.5 Å². The number of rotatable bonds is 3. The van der Waals surface area contributed by atoms with Crippen molar-refractivity contribution in [3.63, 3.8) is 0 Å². The van der Waals surface area contributed by atoms with E-state index in [0.29, 0.717) is 23.5 Å². The predicted molar refractivity (Wildman–Crippen MR) is 78.4 cm³/mol. The van der Waals surface area contributed by atoms with Gasteiger partial charge in [0.2, 0.25) is 0 Å². The largest absolute Gasteiger partial charge is 0.487 e. The fourth-order valence-electron chi connectivity index (χ4n) is 1.80. The number of nitriles is 1. The second-order valence-corrected chi connectivity index (χ2v) is 4.41. The molecule has 104 valence electrons. The number of aliphatic hydroxyl groups is 1. The number of pyridine rings is 1. The Morgan fingerprint density at radius 3 is 2.81 bits per heavy atom. The molecule has 0 fully saturated rings. The summed E-state index contributed by atoms with van der Waals surface area (Å²) in [5.74, 6) is 5.96. The summed E-state index contributed by atoms with van der Waals surface area (Å²) in [6.45, 7) is 2.16. The Kier molecular flexibility index (Phi) is 4.93. The SMILES string of the molecule is Cc1cc(C#N)ccc1COc1cncc(C#CCO)c1. The maximum absolute atomic E-state index is 8.84. The summed E-state index contributed by atoms with van der Waals surface area (Å²) in [5, 5.41) is 17.5. The Hall–Kier alpha value is -2.82. The fourth-order valence-corrected chi connectivity index (χ4v) is 1.80. The van der Waals surface area contributed by atoms with Gasteiger partial charge in [0.1, 0.15) is 19.0 Å². The molecule has 0 aliphatic rings. The summed E-state index contributed by atoms with van der Waals surface area (Å²) in [5.41, 5.74) is 3.36. The first kappa shape index (κ1) is 14.6. The van der Waals surface area contributed by atoms with Gasteiger partial charge in [0, 0.05) is 11.8 Å². The first-order chi connectivity index (χ1) is 10.2. The molecule has 0 aliphatic carbocycles. The van der Waals surface area contributed by atoms with Gasteiger partial charge in [-0.3, -0.25) is 4.98 Å². The number of hydrogen-bond acceptors (Lipinski definition) is 4. The smallest absolute Gasteiger partial charge is 0.139 e. The van der Waals surface area contributed by atoms with E-state index in [-0.39, 0.29) is 6.61 Å². The summed E-state index contributed by atoms with van der Waals surface area (Å²) >= 11 is 0. The van der Waals surface area contributed by atoms with E-state index in [2.05, 4.69) is 22.9 Å². The molecule has 1 aromatic heterocycles. The summed E-state index contributed by atoms with van der Waals surface area (Å²) < 4.78 is 5.69. The number of hydrogen-bond donors (Lipinski definition) is 1. The van der Waals surface area contributed by atoms with Crippen molar-refractivity contribution in [1.82, 2.24) is 4.98 Å². The lowest BCUT2D eigenvalue weighted by Crippen LogP contribution is -1.99. The Labute approximate surface area is 123 Å². The second-order valence-electron chi connectivity index (χ2n) is 4.41. The number of nitrogens with zero attached hydrogens (tertiary/aromatic N) is 2. The molecule has 0 aliphatic heterocycles. The van der Waals surface area contributed by atoms with Gasteiger partial charge in [-0.25, -0.2) is 0 Å². The third kappa shape index (κ3) is 4.07. The highest BCUT2D eigenvalue weighted by Crippen LogP contribution is 2.16. The summed E-state index contributed by atoms with van der Waals surface area (Å²) in [6.07, 6.45) is 3.23. The van der Waals surface area contributed by atoms with Crippen molar-refractivity contribution in [3.05, 3.63) is 58.9 Å². The quantitative estimate of drug-likeness (QED) is 0.874. The van der Waals surface area contributed by atoms with Crippen LogP contribution in [0.5, 0.6) is 5.75 Å². The normalized spacial score (nSPS) is 9.38. The zero-order chi connectivity index (χ0) is 15.1. The molecule has 0 atom stereocenters. The van der Waals surface area contributed by atoms with Crippen LogP contribution in [0.1, 0.15) is 22.3 Å². The Bertz CT molecular complexity index is 736. The van der Waals surface area contributed by atoms with Gasteiger partial charge in [0.25, 0.3) is 0 Å². The topological polar surface area (TPSA) is 66.1 Å². The molecular weight excluding hydrogens is 264 g/mol. The lowest BCUT2D eigenvalue weighted by atomic mass is 10.1. The minimum atomic E-state index is -0.185. The predicted octanol–water partition coefficient (Wildman–Crippen LogP) is 2.18. The zero-order valence-corrected chi connectivity index (χ0v) is 11.6. The standard InChI is InChI=1S/C17H14N2O2/c1-13-7-14(9-18)4-5-16(13)12-21-17-8-15(3-2-6-20)10-19-11-17/h4-5,7-8,10-11,20H,6,12H2,1H3. The Morgan fingerprint density at radius 2 is 2.10 bits per heavy atom. The van der Waals surface area contributed by atoms with Crippen molar-refractivity contribution in [2.24, 2.45) is 0 Å². The van der Waals surface area contributed by atoms with Crippen LogP contribution in [-0.4, -0.2) is 16.7 Å². The van der Waals surface area contributed by atoms with Crippen molar-refractivity contribution >= 4 is 0 Å². The molecule has 0 unspecified atom stereocenters. The second kappa shape index (κ2) is 7.09. The highest BCUT2D eigenvalue weighted by molar-refractivity contribution is 5.39. The monoisotopic (exact) mass is 278 g/mol.